The van der Waals surface area contributed by atoms with Crippen molar-refractivity contribution in [1.29, 1.82) is 0 Å². The summed E-state index contributed by atoms with van der Waals surface area (Å²) in [5, 5.41) is 9.33. The zero-order chi connectivity index (χ0) is 14.7. The Kier molecular flexibility index (Phi) is 4.86. The fraction of sp³-hybridized carbons (Fsp3) is 0.857. The van der Waals surface area contributed by atoms with E-state index in [0.717, 1.165) is 38.8 Å². The van der Waals surface area contributed by atoms with Crippen molar-refractivity contribution >= 4 is 11.9 Å². The van der Waals surface area contributed by atoms with E-state index in [1.54, 1.807) is 23.9 Å². The van der Waals surface area contributed by atoms with Crippen LogP contribution in [0.5, 0.6) is 0 Å². The van der Waals surface area contributed by atoms with Gasteiger partial charge in [0, 0.05) is 33.7 Å². The third-order valence-electron chi connectivity index (χ3n) is 4.29. The van der Waals surface area contributed by atoms with E-state index in [4.69, 9.17) is 0 Å². The highest BCUT2D eigenvalue weighted by atomic mass is 16.3. The van der Waals surface area contributed by atoms with Crippen LogP contribution in [0.2, 0.25) is 0 Å². The van der Waals surface area contributed by atoms with E-state index in [2.05, 4.69) is 0 Å². The van der Waals surface area contributed by atoms with Gasteiger partial charge in [-0.1, -0.05) is 0 Å². The summed E-state index contributed by atoms with van der Waals surface area (Å²) in [5.41, 5.74) is 0. The number of urea groups is 1. The lowest BCUT2D eigenvalue weighted by Crippen LogP contribution is -2.50. The molecule has 0 bridgehead atoms. The van der Waals surface area contributed by atoms with Gasteiger partial charge in [-0.3, -0.25) is 4.79 Å². The molecule has 2 heterocycles. The number of amides is 3. The standard InChI is InChI=1S/C14H25N3O3/c1-15(2)14(20)16-7-3-5-11(9-16)13(19)17-8-4-6-12(17)10-18/h11-12,18H,3-10H2,1-2H3/t11?,12-/m1/s1. The minimum atomic E-state index is -0.111. The Morgan fingerprint density at radius 2 is 1.90 bits per heavy atom. The molecule has 3 amide bonds. The minimum Gasteiger partial charge on any atom is -0.394 e. The van der Waals surface area contributed by atoms with E-state index in [1.807, 2.05) is 4.90 Å². The van der Waals surface area contributed by atoms with Gasteiger partial charge in [-0.25, -0.2) is 4.79 Å². The Labute approximate surface area is 120 Å². The molecule has 0 saturated carbocycles. The lowest BCUT2D eigenvalue weighted by atomic mass is 9.96. The second-order valence-corrected chi connectivity index (χ2v) is 5.97. The summed E-state index contributed by atoms with van der Waals surface area (Å²) in [4.78, 5) is 29.7. The zero-order valence-electron chi connectivity index (χ0n) is 12.4. The quantitative estimate of drug-likeness (QED) is 0.796. The molecule has 2 atom stereocenters. The molecular formula is C14H25N3O3. The summed E-state index contributed by atoms with van der Waals surface area (Å²) in [6.45, 7) is 2.01. The maximum atomic E-state index is 12.6. The van der Waals surface area contributed by atoms with Crippen LogP contribution >= 0.6 is 0 Å². The number of carbonyl (C=O) groups is 2. The maximum absolute atomic E-state index is 12.6. The Hall–Kier alpha value is -1.30. The molecule has 0 spiro atoms. The van der Waals surface area contributed by atoms with Crippen molar-refractivity contribution in [1.82, 2.24) is 14.7 Å². The molecule has 2 rings (SSSR count). The van der Waals surface area contributed by atoms with E-state index in [0.29, 0.717) is 6.54 Å². The Balaban J connectivity index is 1.98. The molecule has 0 aliphatic carbocycles. The van der Waals surface area contributed by atoms with Crippen LogP contribution in [0.25, 0.3) is 0 Å². The second-order valence-electron chi connectivity index (χ2n) is 5.97. The van der Waals surface area contributed by atoms with Gasteiger partial charge in [0.25, 0.3) is 0 Å². The molecule has 20 heavy (non-hydrogen) atoms. The van der Waals surface area contributed by atoms with Gasteiger partial charge >= 0.3 is 6.03 Å². The average Bonchev–Trinajstić information content (AvgIpc) is 2.94. The predicted octanol–water partition coefficient (Wildman–Crippen LogP) is 0.363. The highest BCUT2D eigenvalue weighted by Gasteiger charge is 2.35. The topological polar surface area (TPSA) is 64.1 Å². The number of rotatable bonds is 2. The summed E-state index contributed by atoms with van der Waals surface area (Å²) in [6, 6.07) is -0.0509. The summed E-state index contributed by atoms with van der Waals surface area (Å²) in [5.74, 6) is -0.00222. The lowest BCUT2D eigenvalue weighted by Gasteiger charge is -2.36. The van der Waals surface area contributed by atoms with Crippen LogP contribution in [0, 0.1) is 5.92 Å². The molecule has 2 fully saturated rings. The molecule has 2 aliphatic heterocycles. The van der Waals surface area contributed by atoms with Crippen molar-refractivity contribution < 1.29 is 14.7 Å². The van der Waals surface area contributed by atoms with Gasteiger partial charge in [-0.2, -0.15) is 0 Å². The van der Waals surface area contributed by atoms with Crippen molar-refractivity contribution in [3.8, 4) is 0 Å². The monoisotopic (exact) mass is 283 g/mol. The van der Waals surface area contributed by atoms with Crippen molar-refractivity contribution in [2.75, 3.05) is 40.3 Å². The normalized spacial score (nSPS) is 26.8. The van der Waals surface area contributed by atoms with E-state index in [9.17, 15) is 14.7 Å². The summed E-state index contributed by atoms with van der Waals surface area (Å²) < 4.78 is 0. The number of hydrogen-bond acceptors (Lipinski definition) is 3. The molecule has 1 unspecified atom stereocenters. The molecule has 1 N–H and O–H groups in total. The molecule has 0 radical (unpaired) electrons. The van der Waals surface area contributed by atoms with Crippen molar-refractivity contribution in [2.24, 2.45) is 5.92 Å². The smallest absolute Gasteiger partial charge is 0.319 e. The van der Waals surface area contributed by atoms with E-state index < -0.39 is 0 Å². The molecular weight excluding hydrogens is 258 g/mol. The molecule has 0 aromatic carbocycles. The highest BCUT2D eigenvalue weighted by Crippen LogP contribution is 2.24. The predicted molar refractivity (Wildman–Crippen MR) is 75.2 cm³/mol. The largest absolute Gasteiger partial charge is 0.394 e. The van der Waals surface area contributed by atoms with E-state index in [-0.39, 0.29) is 30.5 Å². The van der Waals surface area contributed by atoms with Gasteiger partial charge < -0.3 is 19.8 Å². The second kappa shape index (κ2) is 6.43. The molecule has 2 saturated heterocycles. The number of carbonyl (C=O) groups excluding carboxylic acids is 2. The first-order valence-electron chi connectivity index (χ1n) is 7.42. The van der Waals surface area contributed by atoms with E-state index in [1.165, 1.54) is 0 Å². The van der Waals surface area contributed by atoms with Gasteiger partial charge in [0.05, 0.1) is 18.6 Å². The molecule has 6 nitrogen and oxygen atoms in total. The number of piperidine rings is 1. The molecule has 6 heteroatoms. The van der Waals surface area contributed by atoms with Gasteiger partial charge in [0.15, 0.2) is 0 Å². The Morgan fingerprint density at radius 3 is 2.55 bits per heavy atom. The molecule has 114 valence electrons. The molecule has 0 aromatic rings. The lowest BCUT2D eigenvalue weighted by molar-refractivity contribution is -0.138. The van der Waals surface area contributed by atoms with Gasteiger partial charge in [0.1, 0.15) is 0 Å². The summed E-state index contributed by atoms with van der Waals surface area (Å²) >= 11 is 0. The number of aliphatic hydroxyl groups is 1. The van der Waals surface area contributed by atoms with E-state index >= 15 is 0 Å². The number of likely N-dealkylation sites (tertiary alicyclic amines) is 2. The van der Waals surface area contributed by atoms with Crippen LogP contribution in [-0.4, -0.2) is 78.1 Å². The first-order valence-corrected chi connectivity index (χ1v) is 7.42. The van der Waals surface area contributed by atoms with Crippen LogP contribution in [0.4, 0.5) is 4.79 Å². The average molecular weight is 283 g/mol. The van der Waals surface area contributed by atoms with Crippen LogP contribution in [-0.2, 0) is 4.79 Å². The third kappa shape index (κ3) is 3.06. The van der Waals surface area contributed by atoms with Crippen LogP contribution < -0.4 is 0 Å². The Morgan fingerprint density at radius 1 is 1.20 bits per heavy atom. The van der Waals surface area contributed by atoms with Crippen LogP contribution in [0.15, 0.2) is 0 Å². The Bertz CT molecular complexity index is 373. The van der Waals surface area contributed by atoms with Gasteiger partial charge in [-0.15, -0.1) is 0 Å². The first kappa shape index (κ1) is 15.1. The fourth-order valence-electron chi connectivity index (χ4n) is 3.19. The first-order chi connectivity index (χ1) is 9.54. The maximum Gasteiger partial charge on any atom is 0.319 e. The molecule has 0 aromatic heterocycles. The minimum absolute atomic E-state index is 0.0253. The SMILES string of the molecule is CN(C)C(=O)N1CCCC(C(=O)N2CCC[C@@H]2CO)C1. The van der Waals surface area contributed by atoms with Gasteiger partial charge in [-0.05, 0) is 25.7 Å². The molecule has 2 aliphatic rings. The van der Waals surface area contributed by atoms with Gasteiger partial charge in [0.2, 0.25) is 5.91 Å². The third-order valence-corrected chi connectivity index (χ3v) is 4.29. The highest BCUT2D eigenvalue weighted by molar-refractivity contribution is 5.81. The number of aliphatic hydroxyl groups excluding tert-OH is 1. The fourth-order valence-corrected chi connectivity index (χ4v) is 3.19. The zero-order valence-corrected chi connectivity index (χ0v) is 12.4. The summed E-state index contributed by atoms with van der Waals surface area (Å²) in [7, 11) is 3.46. The van der Waals surface area contributed by atoms with Crippen LogP contribution in [0.1, 0.15) is 25.7 Å². The van der Waals surface area contributed by atoms with Crippen molar-refractivity contribution in [3.63, 3.8) is 0 Å². The van der Waals surface area contributed by atoms with Crippen molar-refractivity contribution in [2.45, 2.75) is 31.7 Å². The number of hydrogen-bond donors (Lipinski definition) is 1. The van der Waals surface area contributed by atoms with Crippen LogP contribution in [0.3, 0.4) is 0 Å². The number of nitrogens with zero attached hydrogens (tertiary/aromatic N) is 3. The summed E-state index contributed by atoms with van der Waals surface area (Å²) in [6.07, 6.45) is 3.55. The van der Waals surface area contributed by atoms with Crippen molar-refractivity contribution in [3.05, 3.63) is 0 Å².